The first-order valence-corrected chi connectivity index (χ1v) is 12.5. The standard InChI is InChI=1S/C25H27N5OS/c1-2-6-16(7-3-1)27-25-30-21-11-10-17(15-23(21)32-25)31-18-12-13-26-22(14-18)24-28-19-8-4-5-9-20(19)29-24/h10-16H,1-9H2,(H,27,30)(H,28,29). The van der Waals surface area contributed by atoms with Gasteiger partial charge in [0.2, 0.25) is 0 Å². The molecule has 6 nitrogen and oxygen atoms in total. The van der Waals surface area contributed by atoms with E-state index in [-0.39, 0.29) is 0 Å². The first-order chi connectivity index (χ1) is 15.8. The Bertz CT molecular complexity index is 1220. The Kier molecular flexibility index (Phi) is 5.27. The fourth-order valence-electron chi connectivity index (χ4n) is 4.77. The quantitative estimate of drug-likeness (QED) is 0.367. The lowest BCUT2D eigenvalue weighted by Crippen LogP contribution is -2.21. The summed E-state index contributed by atoms with van der Waals surface area (Å²) in [6.45, 7) is 0. The number of aryl methyl sites for hydroxylation is 2. The van der Waals surface area contributed by atoms with Crippen molar-refractivity contribution in [1.29, 1.82) is 0 Å². The van der Waals surface area contributed by atoms with Crippen LogP contribution in [-0.4, -0.2) is 26.0 Å². The van der Waals surface area contributed by atoms with E-state index in [9.17, 15) is 0 Å². The summed E-state index contributed by atoms with van der Waals surface area (Å²) < 4.78 is 7.32. The summed E-state index contributed by atoms with van der Waals surface area (Å²) >= 11 is 1.70. The van der Waals surface area contributed by atoms with E-state index in [1.807, 2.05) is 24.3 Å². The number of rotatable bonds is 5. The van der Waals surface area contributed by atoms with E-state index in [4.69, 9.17) is 14.7 Å². The molecular formula is C25H27N5OS. The Labute approximate surface area is 191 Å². The summed E-state index contributed by atoms with van der Waals surface area (Å²) in [6.07, 6.45) is 12.8. The molecular weight excluding hydrogens is 418 g/mol. The van der Waals surface area contributed by atoms with Crippen molar-refractivity contribution in [3.63, 3.8) is 0 Å². The second kappa shape index (κ2) is 8.54. The lowest BCUT2D eigenvalue weighted by atomic mass is 9.96. The number of anilines is 1. The third-order valence-corrected chi connectivity index (χ3v) is 7.41. The summed E-state index contributed by atoms with van der Waals surface area (Å²) in [6, 6.07) is 10.5. The fraction of sp³-hybridized carbons (Fsp3) is 0.400. The van der Waals surface area contributed by atoms with Crippen molar-refractivity contribution >= 4 is 26.7 Å². The zero-order chi connectivity index (χ0) is 21.3. The molecule has 0 amide bonds. The van der Waals surface area contributed by atoms with Gasteiger partial charge in [-0.05, 0) is 56.7 Å². The Balaban J connectivity index is 1.20. The highest BCUT2D eigenvalue weighted by atomic mass is 32.1. The normalized spacial score (nSPS) is 16.8. The number of aromatic amines is 1. The average molecular weight is 446 g/mol. The molecule has 2 aliphatic rings. The Morgan fingerprint density at radius 1 is 0.938 bits per heavy atom. The van der Waals surface area contributed by atoms with Crippen molar-refractivity contribution < 1.29 is 4.74 Å². The predicted molar refractivity (Wildman–Crippen MR) is 129 cm³/mol. The zero-order valence-corrected chi connectivity index (χ0v) is 18.9. The van der Waals surface area contributed by atoms with E-state index >= 15 is 0 Å². The molecule has 3 heterocycles. The van der Waals surface area contributed by atoms with E-state index in [0.29, 0.717) is 6.04 Å². The predicted octanol–water partition coefficient (Wildman–Crippen LogP) is 6.50. The van der Waals surface area contributed by atoms with Gasteiger partial charge in [0.15, 0.2) is 11.0 Å². The highest BCUT2D eigenvalue weighted by Gasteiger charge is 2.17. The lowest BCUT2D eigenvalue weighted by Gasteiger charge is -2.22. The molecule has 0 bridgehead atoms. The first kappa shape index (κ1) is 19.7. The number of nitrogens with one attached hydrogen (secondary N) is 2. The first-order valence-electron chi connectivity index (χ1n) is 11.7. The van der Waals surface area contributed by atoms with Crippen LogP contribution in [0.25, 0.3) is 21.7 Å². The number of pyridine rings is 1. The number of benzene rings is 1. The summed E-state index contributed by atoms with van der Waals surface area (Å²) in [5.74, 6) is 2.40. The van der Waals surface area contributed by atoms with Crippen LogP contribution < -0.4 is 10.1 Å². The molecule has 0 radical (unpaired) electrons. The highest BCUT2D eigenvalue weighted by Crippen LogP contribution is 2.33. The van der Waals surface area contributed by atoms with Gasteiger partial charge in [0.1, 0.15) is 17.2 Å². The largest absolute Gasteiger partial charge is 0.457 e. The van der Waals surface area contributed by atoms with Gasteiger partial charge >= 0.3 is 0 Å². The van der Waals surface area contributed by atoms with Crippen LogP contribution >= 0.6 is 11.3 Å². The number of hydrogen-bond donors (Lipinski definition) is 2. The number of imidazole rings is 1. The minimum absolute atomic E-state index is 0.558. The molecule has 2 N–H and O–H groups in total. The summed E-state index contributed by atoms with van der Waals surface area (Å²) in [5, 5.41) is 4.64. The van der Waals surface area contributed by atoms with Crippen LogP contribution in [0.15, 0.2) is 36.5 Å². The van der Waals surface area contributed by atoms with E-state index in [1.54, 1.807) is 17.5 Å². The molecule has 3 aromatic heterocycles. The van der Waals surface area contributed by atoms with Crippen LogP contribution in [0.3, 0.4) is 0 Å². The van der Waals surface area contributed by atoms with E-state index in [0.717, 1.165) is 51.2 Å². The van der Waals surface area contributed by atoms with Crippen molar-refractivity contribution in [2.24, 2.45) is 0 Å². The van der Waals surface area contributed by atoms with Gasteiger partial charge in [-0.15, -0.1) is 0 Å². The van der Waals surface area contributed by atoms with E-state index < -0.39 is 0 Å². The molecule has 1 saturated carbocycles. The molecule has 0 aliphatic heterocycles. The Hall–Kier alpha value is -2.93. The van der Waals surface area contributed by atoms with Crippen molar-refractivity contribution in [3.8, 4) is 23.0 Å². The maximum absolute atomic E-state index is 6.19. The minimum atomic E-state index is 0.558. The van der Waals surface area contributed by atoms with Gasteiger partial charge in [-0.3, -0.25) is 4.98 Å². The zero-order valence-electron chi connectivity index (χ0n) is 18.1. The second-order valence-electron chi connectivity index (χ2n) is 8.82. The van der Waals surface area contributed by atoms with Crippen LogP contribution in [0.4, 0.5) is 5.13 Å². The third-order valence-electron chi connectivity index (χ3n) is 6.46. The molecule has 0 saturated heterocycles. The molecule has 0 atom stereocenters. The van der Waals surface area contributed by atoms with Crippen molar-refractivity contribution in [3.05, 3.63) is 47.9 Å². The monoisotopic (exact) mass is 445 g/mol. The Morgan fingerprint density at radius 2 is 1.81 bits per heavy atom. The third kappa shape index (κ3) is 4.09. The van der Waals surface area contributed by atoms with E-state index in [1.165, 1.54) is 56.3 Å². The molecule has 1 fully saturated rings. The molecule has 2 aliphatic carbocycles. The smallest absolute Gasteiger partial charge is 0.184 e. The average Bonchev–Trinajstić information content (AvgIpc) is 3.43. The van der Waals surface area contributed by atoms with Gasteiger partial charge < -0.3 is 15.0 Å². The lowest BCUT2D eigenvalue weighted by molar-refractivity contribution is 0.462. The molecule has 1 aromatic carbocycles. The van der Waals surface area contributed by atoms with Crippen LogP contribution in [0, 0.1) is 0 Å². The maximum atomic E-state index is 6.19. The van der Waals surface area contributed by atoms with Gasteiger partial charge in [0, 0.05) is 30.1 Å². The van der Waals surface area contributed by atoms with Crippen LogP contribution in [-0.2, 0) is 12.8 Å². The van der Waals surface area contributed by atoms with Gasteiger partial charge in [0.25, 0.3) is 0 Å². The molecule has 7 heteroatoms. The number of ether oxygens (including phenoxy) is 1. The van der Waals surface area contributed by atoms with Crippen molar-refractivity contribution in [1.82, 2.24) is 19.9 Å². The maximum Gasteiger partial charge on any atom is 0.184 e. The highest BCUT2D eigenvalue weighted by molar-refractivity contribution is 7.22. The number of aromatic nitrogens is 4. The van der Waals surface area contributed by atoms with Gasteiger partial charge in [-0.25, -0.2) is 9.97 Å². The molecule has 32 heavy (non-hydrogen) atoms. The topological polar surface area (TPSA) is 75.7 Å². The number of hydrogen-bond acceptors (Lipinski definition) is 6. The number of H-pyrrole nitrogens is 1. The molecule has 4 aromatic rings. The Morgan fingerprint density at radius 3 is 2.72 bits per heavy atom. The summed E-state index contributed by atoms with van der Waals surface area (Å²) in [7, 11) is 0. The number of nitrogens with zero attached hydrogens (tertiary/aromatic N) is 3. The van der Waals surface area contributed by atoms with Crippen LogP contribution in [0.2, 0.25) is 0 Å². The van der Waals surface area contributed by atoms with Crippen molar-refractivity contribution in [2.75, 3.05) is 5.32 Å². The van der Waals surface area contributed by atoms with Crippen molar-refractivity contribution in [2.45, 2.75) is 63.8 Å². The van der Waals surface area contributed by atoms with Crippen LogP contribution in [0.1, 0.15) is 56.3 Å². The second-order valence-corrected chi connectivity index (χ2v) is 9.86. The van der Waals surface area contributed by atoms with Gasteiger partial charge in [0.05, 0.1) is 15.9 Å². The van der Waals surface area contributed by atoms with Gasteiger partial charge in [-0.2, -0.15) is 0 Å². The SMILES string of the molecule is c1cc(Oc2ccc3nc(NC4CCCCC4)sc3c2)cc(-c2nc3c([nH]2)CCCC3)n1. The number of fused-ring (bicyclic) bond motifs is 2. The molecule has 0 spiro atoms. The van der Waals surface area contributed by atoms with Crippen LogP contribution in [0.5, 0.6) is 11.5 Å². The summed E-state index contributed by atoms with van der Waals surface area (Å²) in [5.41, 5.74) is 4.27. The molecule has 0 unspecified atom stereocenters. The number of thiazole rings is 1. The molecule has 164 valence electrons. The minimum Gasteiger partial charge on any atom is -0.457 e. The van der Waals surface area contributed by atoms with Gasteiger partial charge in [-0.1, -0.05) is 30.6 Å². The summed E-state index contributed by atoms with van der Waals surface area (Å²) in [4.78, 5) is 17.5. The molecule has 6 rings (SSSR count). The van der Waals surface area contributed by atoms with E-state index in [2.05, 4.69) is 21.4 Å². The fourth-order valence-corrected chi connectivity index (χ4v) is 5.74.